The second-order valence-corrected chi connectivity index (χ2v) is 6.59. The number of halogens is 1. The van der Waals surface area contributed by atoms with Crippen molar-refractivity contribution in [1.82, 2.24) is 4.98 Å². The highest BCUT2D eigenvalue weighted by Crippen LogP contribution is 2.31. The van der Waals surface area contributed by atoms with Crippen molar-refractivity contribution in [2.24, 2.45) is 0 Å². The number of nitrogens with zero attached hydrogens (tertiary/aromatic N) is 2. The molecule has 138 valence electrons. The van der Waals surface area contributed by atoms with Crippen LogP contribution in [0.4, 0.5) is 10.2 Å². The molecule has 0 spiro atoms. The molecule has 6 heteroatoms. The maximum atomic E-state index is 13.1. The number of carbonyl (C=O) groups is 1. The molecule has 0 bridgehead atoms. The molecule has 2 atom stereocenters. The second kappa shape index (κ2) is 7.83. The Kier molecular flexibility index (Phi) is 5.52. The van der Waals surface area contributed by atoms with Crippen LogP contribution in [0.2, 0.25) is 0 Å². The molecule has 0 aliphatic carbocycles. The number of aromatic nitrogens is 1. The van der Waals surface area contributed by atoms with Crippen molar-refractivity contribution in [2.45, 2.75) is 38.3 Å². The summed E-state index contributed by atoms with van der Waals surface area (Å²) >= 11 is 0. The number of anilines is 1. The third-order valence-corrected chi connectivity index (χ3v) is 4.90. The Bertz CT molecular complexity index is 779. The molecule has 1 aromatic heterocycles. The lowest BCUT2D eigenvalue weighted by molar-refractivity contribution is 0.0599. The highest BCUT2D eigenvalue weighted by molar-refractivity contribution is 5.90. The number of benzene rings is 1. The zero-order valence-electron chi connectivity index (χ0n) is 15.0. The van der Waals surface area contributed by atoms with Crippen molar-refractivity contribution in [1.29, 1.82) is 0 Å². The largest absolute Gasteiger partial charge is 0.465 e. The maximum absolute atomic E-state index is 13.1. The smallest absolute Gasteiger partial charge is 0.339 e. The number of hydrogen-bond acceptors (Lipinski definition) is 5. The number of carbonyl (C=O) groups excluding carboxylic acids is 1. The summed E-state index contributed by atoms with van der Waals surface area (Å²) in [4.78, 5) is 18.4. The summed E-state index contributed by atoms with van der Waals surface area (Å²) in [6.07, 6.45) is 1.86. The molecule has 2 heterocycles. The normalized spacial score (nSPS) is 18.0. The lowest BCUT2D eigenvalue weighted by Crippen LogP contribution is -2.31. The Morgan fingerprint density at radius 3 is 2.73 bits per heavy atom. The van der Waals surface area contributed by atoms with Gasteiger partial charge in [-0.15, -0.1) is 0 Å². The van der Waals surface area contributed by atoms with E-state index in [9.17, 15) is 14.3 Å². The molecule has 1 aliphatic heterocycles. The van der Waals surface area contributed by atoms with Crippen LogP contribution in [0.25, 0.3) is 0 Å². The highest BCUT2D eigenvalue weighted by Gasteiger charge is 2.28. The fourth-order valence-electron chi connectivity index (χ4n) is 3.49. The molecule has 1 aromatic carbocycles. The minimum atomic E-state index is -0.656. The third-order valence-electron chi connectivity index (χ3n) is 4.90. The molecule has 0 radical (unpaired) electrons. The number of aliphatic hydroxyl groups is 1. The first-order valence-corrected chi connectivity index (χ1v) is 8.75. The average molecular weight is 358 g/mol. The van der Waals surface area contributed by atoms with Gasteiger partial charge in [-0.1, -0.05) is 12.1 Å². The highest BCUT2D eigenvalue weighted by atomic mass is 19.1. The fourth-order valence-corrected chi connectivity index (χ4v) is 3.49. The van der Waals surface area contributed by atoms with Gasteiger partial charge in [-0.2, -0.15) is 0 Å². The van der Waals surface area contributed by atoms with E-state index in [4.69, 9.17) is 4.74 Å². The number of ether oxygens (including phenoxy) is 1. The summed E-state index contributed by atoms with van der Waals surface area (Å²) in [7, 11) is 1.35. The molecular weight excluding hydrogens is 335 g/mol. The van der Waals surface area contributed by atoms with Gasteiger partial charge in [0, 0.05) is 12.6 Å². The number of pyridine rings is 1. The van der Waals surface area contributed by atoms with Crippen LogP contribution < -0.4 is 4.90 Å². The Balaban J connectivity index is 1.74. The molecule has 5 nitrogen and oxygen atoms in total. The summed E-state index contributed by atoms with van der Waals surface area (Å²) in [5.74, 6) is 0.0871. The van der Waals surface area contributed by atoms with Crippen LogP contribution in [0.3, 0.4) is 0 Å². The minimum Gasteiger partial charge on any atom is -0.465 e. The monoisotopic (exact) mass is 358 g/mol. The molecular formula is C20H23FN2O3. The van der Waals surface area contributed by atoms with Gasteiger partial charge < -0.3 is 14.7 Å². The first-order valence-electron chi connectivity index (χ1n) is 8.75. The molecule has 0 saturated carbocycles. The second-order valence-electron chi connectivity index (χ2n) is 6.59. The van der Waals surface area contributed by atoms with E-state index in [1.165, 1.54) is 19.2 Å². The van der Waals surface area contributed by atoms with Gasteiger partial charge in [0.15, 0.2) is 0 Å². The lowest BCUT2D eigenvalue weighted by atomic mass is 10.0. The number of aliphatic hydroxyl groups excluding tert-OH is 1. The van der Waals surface area contributed by atoms with Crippen molar-refractivity contribution >= 4 is 11.8 Å². The van der Waals surface area contributed by atoms with Gasteiger partial charge in [0.2, 0.25) is 0 Å². The van der Waals surface area contributed by atoms with Crippen molar-refractivity contribution < 1.29 is 19.0 Å². The summed E-state index contributed by atoms with van der Waals surface area (Å²) in [6.45, 7) is 2.64. The molecule has 26 heavy (non-hydrogen) atoms. The molecule has 2 unspecified atom stereocenters. The number of rotatable bonds is 5. The van der Waals surface area contributed by atoms with Gasteiger partial charge in [-0.25, -0.2) is 14.2 Å². The van der Waals surface area contributed by atoms with E-state index >= 15 is 0 Å². The minimum absolute atomic E-state index is 0.144. The van der Waals surface area contributed by atoms with E-state index in [1.54, 1.807) is 25.1 Å². The van der Waals surface area contributed by atoms with E-state index < -0.39 is 12.1 Å². The standard InChI is InChI=1S/C20H23FN2O3/c1-13-17(20(25)26-2)9-10-19(22-13)23-11-3-4-16(23)12-18(24)14-5-7-15(21)8-6-14/h5-10,16,18,24H,3-4,11-12H2,1-2H3. The molecule has 1 aliphatic rings. The average Bonchev–Trinajstić information content (AvgIpc) is 3.09. The van der Waals surface area contributed by atoms with Crippen LogP contribution in [-0.4, -0.2) is 35.8 Å². The van der Waals surface area contributed by atoms with Crippen molar-refractivity contribution in [3.8, 4) is 0 Å². The summed E-state index contributed by atoms with van der Waals surface area (Å²) in [6, 6.07) is 9.66. The van der Waals surface area contributed by atoms with E-state index in [0.29, 0.717) is 23.2 Å². The Morgan fingerprint density at radius 1 is 1.35 bits per heavy atom. The van der Waals surface area contributed by atoms with Gasteiger partial charge in [0.05, 0.1) is 24.5 Å². The van der Waals surface area contributed by atoms with E-state index in [-0.39, 0.29) is 11.9 Å². The Labute approximate surface area is 152 Å². The Morgan fingerprint density at radius 2 is 2.08 bits per heavy atom. The summed E-state index contributed by atoms with van der Waals surface area (Å²) in [5.41, 5.74) is 1.79. The predicted molar refractivity (Wildman–Crippen MR) is 96.7 cm³/mol. The number of aryl methyl sites for hydroxylation is 1. The van der Waals surface area contributed by atoms with Crippen molar-refractivity contribution in [3.05, 3.63) is 59.0 Å². The zero-order valence-corrected chi connectivity index (χ0v) is 15.0. The van der Waals surface area contributed by atoms with E-state index in [0.717, 1.165) is 25.2 Å². The first kappa shape index (κ1) is 18.3. The molecule has 2 aromatic rings. The molecule has 0 amide bonds. The number of methoxy groups -OCH3 is 1. The maximum Gasteiger partial charge on any atom is 0.339 e. The van der Waals surface area contributed by atoms with Gasteiger partial charge in [0.25, 0.3) is 0 Å². The Hall–Kier alpha value is -2.47. The number of esters is 1. The SMILES string of the molecule is COC(=O)c1ccc(N2CCCC2CC(O)c2ccc(F)cc2)nc1C. The third kappa shape index (κ3) is 3.85. The van der Waals surface area contributed by atoms with Crippen LogP contribution in [0, 0.1) is 12.7 Å². The van der Waals surface area contributed by atoms with Crippen LogP contribution in [0.15, 0.2) is 36.4 Å². The molecule has 1 fully saturated rings. The van der Waals surface area contributed by atoms with Crippen molar-refractivity contribution in [3.63, 3.8) is 0 Å². The molecule has 3 rings (SSSR count). The van der Waals surface area contributed by atoms with E-state index in [1.807, 2.05) is 6.07 Å². The van der Waals surface area contributed by atoms with Crippen LogP contribution >= 0.6 is 0 Å². The van der Waals surface area contributed by atoms with E-state index in [2.05, 4.69) is 9.88 Å². The van der Waals surface area contributed by atoms with Gasteiger partial charge >= 0.3 is 5.97 Å². The molecule has 1 saturated heterocycles. The van der Waals surface area contributed by atoms with Gasteiger partial charge in [-0.05, 0) is 56.0 Å². The summed E-state index contributed by atoms with van der Waals surface area (Å²) in [5, 5.41) is 10.5. The van der Waals surface area contributed by atoms with Gasteiger partial charge in [-0.3, -0.25) is 0 Å². The lowest BCUT2D eigenvalue weighted by Gasteiger charge is -2.28. The van der Waals surface area contributed by atoms with Crippen LogP contribution in [-0.2, 0) is 4.74 Å². The van der Waals surface area contributed by atoms with Crippen molar-refractivity contribution in [2.75, 3.05) is 18.6 Å². The number of hydrogen-bond donors (Lipinski definition) is 1. The zero-order chi connectivity index (χ0) is 18.7. The van der Waals surface area contributed by atoms with Crippen LogP contribution in [0.1, 0.15) is 47.0 Å². The van der Waals surface area contributed by atoms with Gasteiger partial charge in [0.1, 0.15) is 11.6 Å². The quantitative estimate of drug-likeness (QED) is 0.830. The fraction of sp³-hybridized carbons (Fsp3) is 0.400. The molecule has 1 N–H and O–H groups in total. The summed E-state index contributed by atoms with van der Waals surface area (Å²) < 4.78 is 17.8. The van der Waals surface area contributed by atoms with Crippen LogP contribution in [0.5, 0.6) is 0 Å². The topological polar surface area (TPSA) is 62.7 Å². The first-order chi connectivity index (χ1) is 12.5. The predicted octanol–water partition coefficient (Wildman–Crippen LogP) is 3.41.